The summed E-state index contributed by atoms with van der Waals surface area (Å²) in [5.41, 5.74) is 6.73. The van der Waals surface area contributed by atoms with Gasteiger partial charge in [0.25, 0.3) is 0 Å². The largest absolute Gasteiger partial charge is 0.497 e. The van der Waals surface area contributed by atoms with E-state index in [2.05, 4.69) is 5.10 Å². The number of nitrogens with zero attached hydrogens (tertiary/aromatic N) is 2. The predicted molar refractivity (Wildman–Crippen MR) is 64.0 cm³/mol. The second-order valence-electron chi connectivity index (χ2n) is 3.62. The summed E-state index contributed by atoms with van der Waals surface area (Å²) in [6.07, 6.45) is 1.47. The molecule has 0 saturated heterocycles. The van der Waals surface area contributed by atoms with E-state index in [1.165, 1.54) is 10.9 Å². The first-order chi connectivity index (χ1) is 8.13. The van der Waals surface area contributed by atoms with Crippen molar-refractivity contribution in [2.24, 2.45) is 7.05 Å². The van der Waals surface area contributed by atoms with Crippen LogP contribution in [0.15, 0.2) is 30.5 Å². The number of methoxy groups -OCH3 is 1. The summed E-state index contributed by atoms with van der Waals surface area (Å²) in [5, 5.41) is 3.94. The Morgan fingerprint density at radius 1 is 1.35 bits per heavy atom. The first kappa shape index (κ1) is 11.2. The lowest BCUT2D eigenvalue weighted by atomic mass is 10.1. The highest BCUT2D eigenvalue weighted by Gasteiger charge is 2.15. The standard InChI is InChI=1S/C12H13N3O2/c1-15-12(13)10(7-14-15)11(16)8-3-5-9(17-2)6-4-8/h3-7H,13H2,1-2H3. The minimum atomic E-state index is -0.141. The predicted octanol–water partition coefficient (Wildman–Crippen LogP) is 1.24. The van der Waals surface area contributed by atoms with Gasteiger partial charge in [0.15, 0.2) is 5.78 Å². The minimum absolute atomic E-state index is 0.141. The van der Waals surface area contributed by atoms with Crippen molar-refractivity contribution in [3.05, 3.63) is 41.6 Å². The van der Waals surface area contributed by atoms with Crippen molar-refractivity contribution in [3.8, 4) is 5.75 Å². The molecular formula is C12H13N3O2. The Bertz CT molecular complexity index is 543. The number of hydrogen-bond donors (Lipinski definition) is 1. The molecule has 0 fully saturated rings. The first-order valence-corrected chi connectivity index (χ1v) is 5.09. The fourth-order valence-electron chi connectivity index (χ4n) is 1.52. The van der Waals surface area contributed by atoms with Gasteiger partial charge in [-0.3, -0.25) is 9.48 Å². The van der Waals surface area contributed by atoms with Crippen molar-refractivity contribution in [1.82, 2.24) is 9.78 Å². The van der Waals surface area contributed by atoms with Crippen LogP contribution in [-0.4, -0.2) is 22.7 Å². The van der Waals surface area contributed by atoms with Crippen molar-refractivity contribution in [2.75, 3.05) is 12.8 Å². The van der Waals surface area contributed by atoms with Crippen molar-refractivity contribution in [1.29, 1.82) is 0 Å². The van der Waals surface area contributed by atoms with Crippen molar-refractivity contribution < 1.29 is 9.53 Å². The van der Waals surface area contributed by atoms with Crippen LogP contribution in [0.1, 0.15) is 15.9 Å². The third kappa shape index (κ3) is 1.99. The monoisotopic (exact) mass is 231 g/mol. The lowest BCUT2D eigenvalue weighted by Crippen LogP contribution is -2.05. The molecular weight excluding hydrogens is 218 g/mol. The molecule has 1 aromatic heterocycles. The van der Waals surface area contributed by atoms with E-state index in [4.69, 9.17) is 10.5 Å². The van der Waals surface area contributed by atoms with Gasteiger partial charge < -0.3 is 10.5 Å². The van der Waals surface area contributed by atoms with Gasteiger partial charge in [-0.1, -0.05) is 0 Å². The first-order valence-electron chi connectivity index (χ1n) is 5.09. The molecule has 2 rings (SSSR count). The third-order valence-corrected chi connectivity index (χ3v) is 2.58. The quantitative estimate of drug-likeness (QED) is 0.807. The molecule has 0 aliphatic rings. The van der Waals surface area contributed by atoms with Gasteiger partial charge in [-0.2, -0.15) is 5.10 Å². The second kappa shape index (κ2) is 4.29. The normalized spacial score (nSPS) is 10.2. The molecule has 1 heterocycles. The Balaban J connectivity index is 2.33. The van der Waals surface area contributed by atoms with Gasteiger partial charge in [0.1, 0.15) is 11.6 Å². The van der Waals surface area contributed by atoms with E-state index in [1.807, 2.05) is 0 Å². The molecule has 5 heteroatoms. The highest BCUT2D eigenvalue weighted by atomic mass is 16.5. The van der Waals surface area contributed by atoms with Gasteiger partial charge in [0.2, 0.25) is 0 Å². The average Bonchev–Trinajstić information content (AvgIpc) is 2.69. The molecule has 0 unspecified atom stereocenters. The van der Waals surface area contributed by atoms with Crippen molar-refractivity contribution in [2.45, 2.75) is 0 Å². The number of carbonyl (C=O) groups excluding carboxylic acids is 1. The molecule has 88 valence electrons. The van der Waals surface area contributed by atoms with Crippen LogP contribution in [-0.2, 0) is 7.05 Å². The smallest absolute Gasteiger partial charge is 0.198 e. The van der Waals surface area contributed by atoms with Crippen LogP contribution in [0.2, 0.25) is 0 Å². The Labute approximate surface area is 98.8 Å². The number of hydrogen-bond acceptors (Lipinski definition) is 4. The van der Waals surface area contributed by atoms with Crippen molar-refractivity contribution in [3.63, 3.8) is 0 Å². The summed E-state index contributed by atoms with van der Waals surface area (Å²) in [7, 11) is 3.27. The Hall–Kier alpha value is -2.30. The molecule has 2 N–H and O–H groups in total. The highest BCUT2D eigenvalue weighted by molar-refractivity contribution is 6.11. The zero-order chi connectivity index (χ0) is 12.4. The number of rotatable bonds is 3. The van der Waals surface area contributed by atoms with E-state index >= 15 is 0 Å². The Morgan fingerprint density at radius 2 is 2.00 bits per heavy atom. The molecule has 0 amide bonds. The zero-order valence-electron chi connectivity index (χ0n) is 9.68. The molecule has 0 aliphatic heterocycles. The van der Waals surface area contributed by atoms with E-state index in [0.29, 0.717) is 22.7 Å². The summed E-state index contributed by atoms with van der Waals surface area (Å²) in [5.74, 6) is 0.935. The Morgan fingerprint density at radius 3 is 2.47 bits per heavy atom. The summed E-state index contributed by atoms with van der Waals surface area (Å²) in [4.78, 5) is 12.1. The minimum Gasteiger partial charge on any atom is -0.497 e. The zero-order valence-corrected chi connectivity index (χ0v) is 9.68. The maximum Gasteiger partial charge on any atom is 0.198 e. The summed E-state index contributed by atoms with van der Waals surface area (Å²) in [6, 6.07) is 6.88. The molecule has 1 aromatic carbocycles. The number of aryl methyl sites for hydroxylation is 1. The van der Waals surface area contributed by atoms with Crippen molar-refractivity contribution >= 4 is 11.6 Å². The number of nitrogens with two attached hydrogens (primary N) is 1. The number of carbonyl (C=O) groups is 1. The van der Waals surface area contributed by atoms with Gasteiger partial charge >= 0.3 is 0 Å². The molecule has 2 aromatic rings. The van der Waals surface area contributed by atoms with Crippen LogP contribution in [0.4, 0.5) is 5.82 Å². The SMILES string of the molecule is COc1ccc(C(=O)c2cnn(C)c2N)cc1. The maximum atomic E-state index is 12.1. The van der Waals surface area contributed by atoms with Gasteiger partial charge in [-0.25, -0.2) is 0 Å². The van der Waals surface area contributed by atoms with E-state index < -0.39 is 0 Å². The van der Waals surface area contributed by atoms with Crippen LogP contribution in [0.3, 0.4) is 0 Å². The highest BCUT2D eigenvalue weighted by Crippen LogP contribution is 2.18. The molecule has 0 aliphatic carbocycles. The van der Waals surface area contributed by atoms with Gasteiger partial charge in [0.05, 0.1) is 18.9 Å². The van der Waals surface area contributed by atoms with Crippen LogP contribution in [0.5, 0.6) is 5.75 Å². The summed E-state index contributed by atoms with van der Waals surface area (Å²) >= 11 is 0. The van der Waals surface area contributed by atoms with Gasteiger partial charge in [-0.15, -0.1) is 0 Å². The topological polar surface area (TPSA) is 70.1 Å². The molecule has 17 heavy (non-hydrogen) atoms. The Kier molecular flexibility index (Phi) is 2.82. The van der Waals surface area contributed by atoms with E-state index in [9.17, 15) is 4.79 Å². The maximum absolute atomic E-state index is 12.1. The number of ketones is 1. The lowest BCUT2D eigenvalue weighted by molar-refractivity contribution is 0.103. The fourth-order valence-corrected chi connectivity index (χ4v) is 1.52. The second-order valence-corrected chi connectivity index (χ2v) is 3.62. The molecule has 0 spiro atoms. The number of nitrogen functional groups attached to an aromatic ring is 1. The molecule has 0 bridgehead atoms. The average molecular weight is 231 g/mol. The molecule has 0 atom stereocenters. The molecule has 0 saturated carbocycles. The summed E-state index contributed by atoms with van der Waals surface area (Å²) < 4.78 is 6.50. The molecule has 0 radical (unpaired) electrons. The third-order valence-electron chi connectivity index (χ3n) is 2.58. The van der Waals surface area contributed by atoms with Crippen LogP contribution in [0, 0.1) is 0 Å². The lowest BCUT2D eigenvalue weighted by Gasteiger charge is -2.02. The number of benzene rings is 1. The van der Waals surface area contributed by atoms with Gasteiger partial charge in [-0.05, 0) is 24.3 Å². The van der Waals surface area contributed by atoms with Crippen LogP contribution < -0.4 is 10.5 Å². The van der Waals surface area contributed by atoms with Crippen LogP contribution in [0.25, 0.3) is 0 Å². The number of ether oxygens (including phenoxy) is 1. The number of anilines is 1. The number of aromatic nitrogens is 2. The summed E-state index contributed by atoms with van der Waals surface area (Å²) in [6.45, 7) is 0. The fraction of sp³-hybridized carbons (Fsp3) is 0.167. The van der Waals surface area contributed by atoms with Crippen LogP contribution >= 0.6 is 0 Å². The van der Waals surface area contributed by atoms with Gasteiger partial charge in [0, 0.05) is 12.6 Å². The van der Waals surface area contributed by atoms with E-state index in [0.717, 1.165) is 0 Å². The van der Waals surface area contributed by atoms with E-state index in [1.54, 1.807) is 38.4 Å². The molecule has 5 nitrogen and oxygen atoms in total. The van der Waals surface area contributed by atoms with E-state index in [-0.39, 0.29) is 5.78 Å².